The summed E-state index contributed by atoms with van der Waals surface area (Å²) in [6, 6.07) is 1.82. The predicted octanol–water partition coefficient (Wildman–Crippen LogP) is 1.51. The topological polar surface area (TPSA) is 42.0 Å². The molecule has 1 aromatic heterocycles. The molecule has 0 saturated carbocycles. The number of hydrogen-bond donors (Lipinski definition) is 1. The lowest BCUT2D eigenvalue weighted by Gasteiger charge is -2.02. The van der Waals surface area contributed by atoms with Crippen LogP contribution in [0.1, 0.15) is 15.9 Å². The summed E-state index contributed by atoms with van der Waals surface area (Å²) in [4.78, 5) is 15.3. The number of halogens is 1. The second-order valence-electron chi connectivity index (χ2n) is 2.70. The Kier molecular flexibility index (Phi) is 3.89. The number of aromatic nitrogens is 1. The highest BCUT2D eigenvalue weighted by Crippen LogP contribution is 2.00. The summed E-state index contributed by atoms with van der Waals surface area (Å²) in [5.41, 5.74) is 1.60. The molecule has 4 heteroatoms. The van der Waals surface area contributed by atoms with Crippen molar-refractivity contribution in [1.82, 2.24) is 10.3 Å². The van der Waals surface area contributed by atoms with Crippen molar-refractivity contribution < 1.29 is 4.79 Å². The zero-order valence-electron chi connectivity index (χ0n) is 7.38. The second-order valence-corrected chi connectivity index (χ2v) is 3.49. The highest BCUT2D eigenvalue weighted by atomic mass is 79.9. The summed E-state index contributed by atoms with van der Waals surface area (Å²) in [6.07, 6.45) is 3.29. The summed E-state index contributed by atoms with van der Waals surface area (Å²) < 4.78 is 0. The van der Waals surface area contributed by atoms with Crippen LogP contribution < -0.4 is 5.32 Å². The predicted molar refractivity (Wildman–Crippen MR) is 55.1 cm³/mol. The third kappa shape index (κ3) is 3.14. The summed E-state index contributed by atoms with van der Waals surface area (Å²) in [5.74, 6) is -0.0735. The molecule has 1 amide bonds. The first kappa shape index (κ1) is 10.2. The van der Waals surface area contributed by atoms with E-state index in [-0.39, 0.29) is 5.91 Å². The van der Waals surface area contributed by atoms with Gasteiger partial charge in [-0.25, -0.2) is 0 Å². The molecule has 0 aliphatic carbocycles. The lowest BCUT2D eigenvalue weighted by Crippen LogP contribution is -2.25. The van der Waals surface area contributed by atoms with Crippen LogP contribution in [0.3, 0.4) is 0 Å². The number of amides is 1. The van der Waals surface area contributed by atoms with Crippen molar-refractivity contribution in [2.24, 2.45) is 0 Å². The second kappa shape index (κ2) is 4.97. The fourth-order valence-corrected chi connectivity index (χ4v) is 1.14. The fraction of sp³-hybridized carbons (Fsp3) is 0.333. The van der Waals surface area contributed by atoms with E-state index < -0.39 is 0 Å². The van der Waals surface area contributed by atoms with Crippen molar-refractivity contribution >= 4 is 21.8 Å². The van der Waals surface area contributed by atoms with E-state index in [1.165, 1.54) is 0 Å². The number of pyridine rings is 1. The molecule has 0 saturated heterocycles. The molecule has 13 heavy (non-hydrogen) atoms. The zero-order valence-corrected chi connectivity index (χ0v) is 8.97. The third-order valence-electron chi connectivity index (χ3n) is 1.52. The molecular weight excluding hydrogens is 232 g/mol. The van der Waals surface area contributed by atoms with Crippen molar-refractivity contribution in [2.45, 2.75) is 6.92 Å². The van der Waals surface area contributed by atoms with Crippen molar-refractivity contribution in [3.8, 4) is 0 Å². The Labute approximate surface area is 85.7 Å². The Balaban J connectivity index is 2.66. The van der Waals surface area contributed by atoms with Crippen LogP contribution in [0.15, 0.2) is 18.5 Å². The number of nitrogens with zero attached hydrogens (tertiary/aromatic N) is 1. The molecule has 0 spiro atoms. The van der Waals surface area contributed by atoms with Crippen LogP contribution in [-0.4, -0.2) is 22.8 Å². The molecule has 1 N–H and O–H groups in total. The van der Waals surface area contributed by atoms with Crippen LogP contribution in [0.2, 0.25) is 0 Å². The first-order valence-electron chi connectivity index (χ1n) is 4.00. The average molecular weight is 243 g/mol. The minimum atomic E-state index is -0.0735. The van der Waals surface area contributed by atoms with Crippen LogP contribution in [0.25, 0.3) is 0 Å². The van der Waals surface area contributed by atoms with E-state index in [1.807, 2.05) is 13.0 Å². The van der Waals surface area contributed by atoms with E-state index in [2.05, 4.69) is 26.2 Å². The maximum absolute atomic E-state index is 11.4. The van der Waals surface area contributed by atoms with Crippen molar-refractivity contribution in [3.05, 3.63) is 29.6 Å². The Morgan fingerprint density at radius 2 is 2.38 bits per heavy atom. The van der Waals surface area contributed by atoms with Crippen LogP contribution in [-0.2, 0) is 0 Å². The minimum Gasteiger partial charge on any atom is -0.351 e. The van der Waals surface area contributed by atoms with Crippen molar-refractivity contribution in [3.63, 3.8) is 0 Å². The van der Waals surface area contributed by atoms with Gasteiger partial charge in [-0.05, 0) is 18.6 Å². The van der Waals surface area contributed by atoms with E-state index in [1.54, 1.807) is 12.4 Å². The first-order chi connectivity index (χ1) is 6.24. The van der Waals surface area contributed by atoms with Gasteiger partial charge in [-0.1, -0.05) is 15.9 Å². The van der Waals surface area contributed by atoms with Crippen LogP contribution >= 0.6 is 15.9 Å². The van der Waals surface area contributed by atoms with E-state index in [0.29, 0.717) is 12.1 Å². The molecule has 1 heterocycles. The Hall–Kier alpha value is -0.900. The van der Waals surface area contributed by atoms with Gasteiger partial charge in [0, 0.05) is 24.3 Å². The number of alkyl halides is 1. The van der Waals surface area contributed by atoms with Gasteiger partial charge >= 0.3 is 0 Å². The monoisotopic (exact) mass is 242 g/mol. The first-order valence-corrected chi connectivity index (χ1v) is 5.12. The Bertz CT molecular complexity index is 301. The molecule has 0 unspecified atom stereocenters. The number of carbonyl (C=O) groups is 1. The minimum absolute atomic E-state index is 0.0735. The molecule has 0 fully saturated rings. The summed E-state index contributed by atoms with van der Waals surface area (Å²) in [5, 5.41) is 3.51. The van der Waals surface area contributed by atoms with Gasteiger partial charge in [-0.2, -0.15) is 0 Å². The highest BCUT2D eigenvalue weighted by Gasteiger charge is 2.03. The van der Waals surface area contributed by atoms with Gasteiger partial charge in [-0.3, -0.25) is 9.78 Å². The van der Waals surface area contributed by atoms with E-state index in [4.69, 9.17) is 0 Å². The SMILES string of the molecule is Cc1cncc(C(=O)NCCBr)c1. The molecule has 0 radical (unpaired) electrons. The van der Waals surface area contributed by atoms with Crippen molar-refractivity contribution in [1.29, 1.82) is 0 Å². The summed E-state index contributed by atoms with van der Waals surface area (Å²) in [7, 11) is 0. The molecule has 0 bridgehead atoms. The van der Waals surface area contributed by atoms with Gasteiger partial charge in [0.25, 0.3) is 5.91 Å². The molecule has 0 aromatic carbocycles. The number of rotatable bonds is 3. The molecule has 0 aliphatic rings. The van der Waals surface area contributed by atoms with E-state index in [9.17, 15) is 4.79 Å². The molecule has 0 aliphatic heterocycles. The van der Waals surface area contributed by atoms with E-state index >= 15 is 0 Å². The van der Waals surface area contributed by atoms with E-state index in [0.717, 1.165) is 10.9 Å². The molecule has 70 valence electrons. The number of nitrogens with one attached hydrogen (secondary N) is 1. The molecule has 1 rings (SSSR count). The third-order valence-corrected chi connectivity index (χ3v) is 1.91. The van der Waals surface area contributed by atoms with Gasteiger partial charge in [-0.15, -0.1) is 0 Å². The zero-order chi connectivity index (χ0) is 9.68. The smallest absolute Gasteiger partial charge is 0.252 e. The van der Waals surface area contributed by atoms with Crippen LogP contribution in [0.5, 0.6) is 0 Å². The normalized spacial score (nSPS) is 9.69. The molecule has 1 aromatic rings. The largest absolute Gasteiger partial charge is 0.351 e. The van der Waals surface area contributed by atoms with Gasteiger partial charge in [0.05, 0.1) is 5.56 Å². The summed E-state index contributed by atoms with van der Waals surface area (Å²) >= 11 is 3.23. The van der Waals surface area contributed by atoms with Gasteiger partial charge < -0.3 is 5.32 Å². The van der Waals surface area contributed by atoms with Crippen LogP contribution in [0, 0.1) is 6.92 Å². The van der Waals surface area contributed by atoms with Crippen LogP contribution in [0.4, 0.5) is 0 Å². The number of carbonyl (C=O) groups excluding carboxylic acids is 1. The summed E-state index contributed by atoms with van der Waals surface area (Å²) in [6.45, 7) is 2.54. The number of hydrogen-bond acceptors (Lipinski definition) is 2. The van der Waals surface area contributed by atoms with Gasteiger partial charge in [0.2, 0.25) is 0 Å². The lowest BCUT2D eigenvalue weighted by atomic mass is 10.2. The molecule has 0 atom stereocenters. The standard InChI is InChI=1S/C9H11BrN2O/c1-7-4-8(6-11-5-7)9(13)12-3-2-10/h4-6H,2-3H2,1H3,(H,12,13). The quantitative estimate of drug-likeness (QED) is 0.817. The fourth-order valence-electron chi connectivity index (χ4n) is 0.942. The van der Waals surface area contributed by atoms with Crippen molar-refractivity contribution in [2.75, 3.05) is 11.9 Å². The maximum atomic E-state index is 11.4. The molecular formula is C9H11BrN2O. The lowest BCUT2D eigenvalue weighted by molar-refractivity contribution is 0.0956. The molecule has 3 nitrogen and oxygen atoms in total. The Morgan fingerprint density at radius 3 is 3.00 bits per heavy atom. The van der Waals surface area contributed by atoms with Gasteiger partial charge in [0.1, 0.15) is 0 Å². The highest BCUT2D eigenvalue weighted by molar-refractivity contribution is 9.09. The Morgan fingerprint density at radius 1 is 1.62 bits per heavy atom. The number of aryl methyl sites for hydroxylation is 1. The van der Waals surface area contributed by atoms with Gasteiger partial charge in [0.15, 0.2) is 0 Å². The maximum Gasteiger partial charge on any atom is 0.252 e. The average Bonchev–Trinajstić information content (AvgIpc) is 2.14.